The van der Waals surface area contributed by atoms with Gasteiger partial charge in [0.25, 0.3) is 5.56 Å². The summed E-state index contributed by atoms with van der Waals surface area (Å²) in [5, 5.41) is 0.270. The van der Waals surface area contributed by atoms with Gasteiger partial charge in [-0.2, -0.15) is 4.99 Å². The number of pyridine rings is 2. The summed E-state index contributed by atoms with van der Waals surface area (Å²) >= 11 is 0. The standard InChI is InChI=1S/C21H24N4O4/c1-4-9-17(26)23-19-15(21(28)29-6-3)13-14-18(25(19)11-5-2)22-16-10-7-8-12-24(16)20(14)27/h7-8,10,12-13H,4-6,9,11H2,1-3H3. The summed E-state index contributed by atoms with van der Waals surface area (Å²) in [6, 6.07) is 6.70. The van der Waals surface area contributed by atoms with Gasteiger partial charge in [0.15, 0.2) is 5.49 Å². The lowest BCUT2D eigenvalue weighted by Gasteiger charge is -2.14. The van der Waals surface area contributed by atoms with Crippen molar-refractivity contribution in [2.75, 3.05) is 6.61 Å². The molecule has 29 heavy (non-hydrogen) atoms. The lowest BCUT2D eigenvalue weighted by atomic mass is 10.2. The number of ether oxygens (including phenoxy) is 1. The first-order valence-electron chi connectivity index (χ1n) is 9.81. The molecule has 3 aromatic rings. The van der Waals surface area contributed by atoms with Gasteiger partial charge < -0.3 is 9.30 Å². The molecule has 0 aliphatic rings. The van der Waals surface area contributed by atoms with Crippen LogP contribution in [0.5, 0.6) is 0 Å². The number of amides is 1. The van der Waals surface area contributed by atoms with Gasteiger partial charge in [-0.05, 0) is 38.0 Å². The smallest absolute Gasteiger partial charge is 0.341 e. The number of hydrogen-bond acceptors (Lipinski definition) is 5. The van der Waals surface area contributed by atoms with Crippen LogP contribution in [0.15, 0.2) is 40.2 Å². The third kappa shape index (κ3) is 3.96. The third-order valence-electron chi connectivity index (χ3n) is 4.43. The molecule has 3 heterocycles. The number of hydrogen-bond donors (Lipinski definition) is 0. The van der Waals surface area contributed by atoms with E-state index in [0.29, 0.717) is 30.7 Å². The molecule has 152 valence electrons. The molecule has 8 nitrogen and oxygen atoms in total. The van der Waals surface area contributed by atoms with Crippen LogP contribution < -0.4 is 11.0 Å². The molecule has 0 aliphatic heterocycles. The van der Waals surface area contributed by atoms with Crippen molar-refractivity contribution in [3.05, 3.63) is 51.9 Å². The molecule has 0 radical (unpaired) electrons. The van der Waals surface area contributed by atoms with Crippen LogP contribution in [0, 0.1) is 0 Å². The second kappa shape index (κ2) is 8.81. The number of aryl methyl sites for hydroxylation is 1. The van der Waals surface area contributed by atoms with Crippen molar-refractivity contribution >= 4 is 28.6 Å². The summed E-state index contributed by atoms with van der Waals surface area (Å²) in [5.41, 5.74) is 0.839. The Morgan fingerprint density at radius 1 is 1.17 bits per heavy atom. The summed E-state index contributed by atoms with van der Waals surface area (Å²) in [6.45, 7) is 6.15. The van der Waals surface area contributed by atoms with Gasteiger partial charge in [0.1, 0.15) is 16.9 Å². The number of fused-ring (bicyclic) bond motifs is 2. The molecular weight excluding hydrogens is 372 g/mol. The van der Waals surface area contributed by atoms with Crippen LogP contribution >= 0.6 is 0 Å². The number of carbonyl (C=O) groups is 2. The fourth-order valence-corrected chi connectivity index (χ4v) is 3.18. The Morgan fingerprint density at radius 3 is 2.66 bits per heavy atom. The molecule has 0 saturated heterocycles. The van der Waals surface area contributed by atoms with Crippen molar-refractivity contribution in [1.29, 1.82) is 0 Å². The van der Waals surface area contributed by atoms with Crippen molar-refractivity contribution in [1.82, 2.24) is 14.0 Å². The lowest BCUT2D eigenvalue weighted by molar-refractivity contribution is -0.118. The van der Waals surface area contributed by atoms with Gasteiger partial charge in [0, 0.05) is 19.2 Å². The minimum Gasteiger partial charge on any atom is -0.462 e. The first kappa shape index (κ1) is 20.4. The molecule has 0 aliphatic carbocycles. The maximum atomic E-state index is 13.1. The molecule has 0 spiro atoms. The molecule has 3 rings (SSSR count). The monoisotopic (exact) mass is 396 g/mol. The van der Waals surface area contributed by atoms with Crippen LogP contribution in [0.3, 0.4) is 0 Å². The highest BCUT2D eigenvalue weighted by atomic mass is 16.5. The average Bonchev–Trinajstić information content (AvgIpc) is 2.70. The summed E-state index contributed by atoms with van der Waals surface area (Å²) in [4.78, 5) is 46.8. The summed E-state index contributed by atoms with van der Waals surface area (Å²) in [7, 11) is 0. The minimum absolute atomic E-state index is 0.0898. The molecule has 0 saturated carbocycles. The van der Waals surface area contributed by atoms with Gasteiger partial charge in [0.05, 0.1) is 12.0 Å². The number of carbonyl (C=O) groups excluding carboxylic acids is 2. The Kier molecular flexibility index (Phi) is 6.21. The number of rotatable bonds is 6. The van der Waals surface area contributed by atoms with Crippen LogP contribution in [0.4, 0.5) is 0 Å². The topological polar surface area (TPSA) is 95.0 Å². The van der Waals surface area contributed by atoms with Crippen molar-refractivity contribution in [3.8, 4) is 0 Å². The fourth-order valence-electron chi connectivity index (χ4n) is 3.18. The maximum absolute atomic E-state index is 13.1. The summed E-state index contributed by atoms with van der Waals surface area (Å²) in [6.07, 6.45) is 3.23. The highest BCUT2D eigenvalue weighted by Gasteiger charge is 2.19. The van der Waals surface area contributed by atoms with Crippen molar-refractivity contribution in [2.45, 2.75) is 46.6 Å². The highest BCUT2D eigenvalue weighted by Crippen LogP contribution is 2.12. The molecule has 3 aromatic heterocycles. The van der Waals surface area contributed by atoms with Crippen LogP contribution in [0.1, 0.15) is 50.4 Å². The van der Waals surface area contributed by atoms with E-state index < -0.39 is 5.97 Å². The summed E-state index contributed by atoms with van der Waals surface area (Å²) in [5.74, 6) is -0.959. The highest BCUT2D eigenvalue weighted by molar-refractivity contribution is 5.93. The Balaban J connectivity index is 2.49. The Labute approximate surface area is 167 Å². The predicted molar refractivity (Wildman–Crippen MR) is 109 cm³/mol. The third-order valence-corrected chi connectivity index (χ3v) is 4.43. The zero-order chi connectivity index (χ0) is 21.0. The van der Waals surface area contributed by atoms with E-state index in [-0.39, 0.29) is 40.9 Å². The van der Waals surface area contributed by atoms with Gasteiger partial charge in [-0.3, -0.25) is 14.0 Å². The fraction of sp³-hybridized carbons (Fsp3) is 0.381. The van der Waals surface area contributed by atoms with Gasteiger partial charge >= 0.3 is 5.97 Å². The molecule has 0 unspecified atom stereocenters. The van der Waals surface area contributed by atoms with Gasteiger partial charge in [-0.1, -0.05) is 19.9 Å². The van der Waals surface area contributed by atoms with Crippen LogP contribution in [-0.2, 0) is 16.1 Å². The van der Waals surface area contributed by atoms with Crippen molar-refractivity contribution in [3.63, 3.8) is 0 Å². The normalized spacial score (nSPS) is 11.9. The second-order valence-corrected chi connectivity index (χ2v) is 6.59. The van der Waals surface area contributed by atoms with E-state index in [2.05, 4.69) is 9.98 Å². The molecule has 0 atom stereocenters. The largest absolute Gasteiger partial charge is 0.462 e. The Bertz CT molecular complexity index is 1210. The molecule has 0 aromatic carbocycles. The van der Waals surface area contributed by atoms with E-state index >= 15 is 0 Å². The van der Waals surface area contributed by atoms with E-state index in [1.54, 1.807) is 35.9 Å². The molecule has 0 N–H and O–H groups in total. The molecule has 0 bridgehead atoms. The van der Waals surface area contributed by atoms with E-state index in [9.17, 15) is 14.4 Å². The SMILES string of the molecule is CCCC(=O)N=c1c(C(=O)OCC)cc2c(=O)n3ccccc3nc2n1CCC. The van der Waals surface area contributed by atoms with Crippen LogP contribution in [0.2, 0.25) is 0 Å². The second-order valence-electron chi connectivity index (χ2n) is 6.59. The number of nitrogens with zero attached hydrogens (tertiary/aromatic N) is 4. The zero-order valence-electron chi connectivity index (χ0n) is 16.8. The lowest BCUT2D eigenvalue weighted by Crippen LogP contribution is -2.32. The first-order chi connectivity index (χ1) is 14.0. The average molecular weight is 396 g/mol. The minimum atomic E-state index is -0.625. The van der Waals surface area contributed by atoms with Gasteiger partial charge in [0.2, 0.25) is 5.91 Å². The van der Waals surface area contributed by atoms with Crippen LogP contribution in [0.25, 0.3) is 16.7 Å². The quantitative estimate of drug-likeness (QED) is 0.471. The van der Waals surface area contributed by atoms with Crippen LogP contribution in [-0.4, -0.2) is 32.4 Å². The van der Waals surface area contributed by atoms with Gasteiger partial charge in [-0.15, -0.1) is 0 Å². The molecular formula is C21H24N4O4. The molecule has 1 amide bonds. The van der Waals surface area contributed by atoms with Crippen molar-refractivity contribution < 1.29 is 14.3 Å². The van der Waals surface area contributed by atoms with Gasteiger partial charge in [-0.25, -0.2) is 9.78 Å². The number of aromatic nitrogens is 3. The van der Waals surface area contributed by atoms with E-state index in [1.165, 1.54) is 10.5 Å². The molecule has 0 fully saturated rings. The van der Waals surface area contributed by atoms with E-state index in [1.807, 2.05) is 13.8 Å². The van der Waals surface area contributed by atoms with Crippen molar-refractivity contribution in [2.24, 2.45) is 4.99 Å². The first-order valence-corrected chi connectivity index (χ1v) is 9.81. The zero-order valence-corrected chi connectivity index (χ0v) is 16.8. The van der Waals surface area contributed by atoms with E-state index in [0.717, 1.165) is 0 Å². The Hall–Kier alpha value is -3.29. The van der Waals surface area contributed by atoms with E-state index in [4.69, 9.17) is 4.74 Å². The maximum Gasteiger partial charge on any atom is 0.341 e. The molecule has 8 heteroatoms. The predicted octanol–water partition coefficient (Wildman–Crippen LogP) is 2.46. The number of esters is 1. The summed E-state index contributed by atoms with van der Waals surface area (Å²) < 4.78 is 8.26. The Morgan fingerprint density at radius 2 is 1.97 bits per heavy atom.